The van der Waals surface area contributed by atoms with Crippen LogP contribution in [0, 0.1) is 0 Å². The van der Waals surface area contributed by atoms with Crippen molar-refractivity contribution in [2.75, 3.05) is 6.61 Å². The molecule has 0 bridgehead atoms. The molecule has 1 aliphatic rings. The lowest BCUT2D eigenvalue weighted by Gasteiger charge is -2.27. The van der Waals surface area contributed by atoms with Crippen LogP contribution in [-0.4, -0.2) is 17.5 Å². The van der Waals surface area contributed by atoms with Gasteiger partial charge in [0.15, 0.2) is 0 Å². The van der Waals surface area contributed by atoms with Gasteiger partial charge in [0.05, 0.1) is 6.10 Å². The van der Waals surface area contributed by atoms with Crippen molar-refractivity contribution in [2.24, 2.45) is 0 Å². The molecule has 0 N–H and O–H groups in total. The lowest BCUT2D eigenvalue weighted by molar-refractivity contribution is 0.0321. The average molecular weight is 277 g/mol. The van der Waals surface area contributed by atoms with Gasteiger partial charge in [-0.05, 0) is 19.3 Å². The SMILES string of the molecule is CCCCCCCOC1CCCCC1Br. The van der Waals surface area contributed by atoms with E-state index < -0.39 is 0 Å². The van der Waals surface area contributed by atoms with Crippen LogP contribution in [0.25, 0.3) is 0 Å². The quantitative estimate of drug-likeness (QED) is 0.485. The largest absolute Gasteiger partial charge is 0.377 e. The summed E-state index contributed by atoms with van der Waals surface area (Å²) >= 11 is 3.72. The predicted molar refractivity (Wildman–Crippen MR) is 69.7 cm³/mol. The van der Waals surface area contributed by atoms with E-state index in [9.17, 15) is 0 Å². The fraction of sp³-hybridized carbons (Fsp3) is 1.00. The third kappa shape index (κ3) is 5.91. The van der Waals surface area contributed by atoms with Crippen LogP contribution in [0.4, 0.5) is 0 Å². The van der Waals surface area contributed by atoms with Crippen molar-refractivity contribution in [3.63, 3.8) is 0 Å². The molecule has 15 heavy (non-hydrogen) atoms. The van der Waals surface area contributed by atoms with Crippen LogP contribution in [0.5, 0.6) is 0 Å². The Bertz CT molecular complexity index is 149. The Hall–Kier alpha value is 0.440. The number of hydrogen-bond acceptors (Lipinski definition) is 1. The Morgan fingerprint density at radius 3 is 2.53 bits per heavy atom. The molecule has 1 fully saturated rings. The molecule has 1 aliphatic carbocycles. The van der Waals surface area contributed by atoms with Crippen molar-refractivity contribution in [2.45, 2.75) is 75.6 Å². The van der Waals surface area contributed by atoms with Gasteiger partial charge in [0.25, 0.3) is 0 Å². The number of halogens is 1. The molecule has 0 saturated heterocycles. The average Bonchev–Trinajstić information content (AvgIpc) is 2.25. The Kier molecular flexibility index (Phi) is 7.72. The Morgan fingerprint density at radius 1 is 1.07 bits per heavy atom. The van der Waals surface area contributed by atoms with E-state index >= 15 is 0 Å². The highest BCUT2D eigenvalue weighted by molar-refractivity contribution is 9.09. The summed E-state index contributed by atoms with van der Waals surface area (Å²) < 4.78 is 5.93. The molecule has 0 spiro atoms. The normalized spacial score (nSPS) is 26.8. The number of alkyl halides is 1. The summed E-state index contributed by atoms with van der Waals surface area (Å²) in [4.78, 5) is 0.613. The van der Waals surface area contributed by atoms with Crippen LogP contribution in [0.15, 0.2) is 0 Å². The van der Waals surface area contributed by atoms with Gasteiger partial charge in [-0.1, -0.05) is 61.4 Å². The van der Waals surface area contributed by atoms with Gasteiger partial charge in [0, 0.05) is 11.4 Å². The molecule has 0 amide bonds. The molecule has 90 valence electrons. The topological polar surface area (TPSA) is 9.23 Å². The second-order valence-electron chi connectivity index (χ2n) is 4.62. The molecule has 2 atom stereocenters. The number of rotatable bonds is 7. The minimum atomic E-state index is 0.491. The molecule has 0 aromatic rings. The van der Waals surface area contributed by atoms with E-state index in [1.165, 1.54) is 57.8 Å². The van der Waals surface area contributed by atoms with E-state index in [2.05, 4.69) is 22.9 Å². The molecule has 0 aliphatic heterocycles. The standard InChI is InChI=1S/C13H25BrO/c1-2-3-4-5-8-11-15-13-10-7-6-9-12(13)14/h12-13H,2-11H2,1H3. The summed E-state index contributed by atoms with van der Waals surface area (Å²) in [5.41, 5.74) is 0. The van der Waals surface area contributed by atoms with Crippen LogP contribution in [0.1, 0.15) is 64.7 Å². The summed E-state index contributed by atoms with van der Waals surface area (Å²) in [6.45, 7) is 3.23. The highest BCUT2D eigenvalue weighted by Gasteiger charge is 2.22. The second kappa shape index (κ2) is 8.58. The maximum Gasteiger partial charge on any atom is 0.0700 e. The number of unbranched alkanes of at least 4 members (excludes halogenated alkanes) is 4. The zero-order valence-corrected chi connectivity index (χ0v) is 11.6. The summed E-state index contributed by atoms with van der Waals surface area (Å²) in [7, 11) is 0. The smallest absolute Gasteiger partial charge is 0.0700 e. The highest BCUT2D eigenvalue weighted by atomic mass is 79.9. The summed E-state index contributed by atoms with van der Waals surface area (Å²) in [5, 5.41) is 0. The first-order chi connectivity index (χ1) is 7.34. The van der Waals surface area contributed by atoms with Gasteiger partial charge >= 0.3 is 0 Å². The van der Waals surface area contributed by atoms with Gasteiger partial charge in [0.2, 0.25) is 0 Å². The summed E-state index contributed by atoms with van der Waals surface area (Å²) in [5.74, 6) is 0. The van der Waals surface area contributed by atoms with E-state index in [1.807, 2.05) is 0 Å². The lowest BCUT2D eigenvalue weighted by atomic mass is 9.97. The molecule has 0 aromatic heterocycles. The fourth-order valence-corrected chi connectivity index (χ4v) is 2.92. The third-order valence-corrected chi connectivity index (χ3v) is 4.25. The van der Waals surface area contributed by atoms with Crippen LogP contribution >= 0.6 is 15.9 Å². The maximum atomic E-state index is 5.93. The van der Waals surface area contributed by atoms with Crippen LogP contribution in [-0.2, 0) is 4.74 Å². The van der Waals surface area contributed by atoms with Crippen molar-refractivity contribution < 1.29 is 4.74 Å². The van der Waals surface area contributed by atoms with Crippen LogP contribution < -0.4 is 0 Å². The molecule has 1 rings (SSSR count). The number of hydrogen-bond donors (Lipinski definition) is 0. The van der Waals surface area contributed by atoms with E-state index in [4.69, 9.17) is 4.74 Å². The van der Waals surface area contributed by atoms with Gasteiger partial charge in [-0.3, -0.25) is 0 Å². The van der Waals surface area contributed by atoms with Crippen molar-refractivity contribution in [3.05, 3.63) is 0 Å². The molecular weight excluding hydrogens is 252 g/mol. The first kappa shape index (κ1) is 13.5. The molecule has 1 saturated carbocycles. The van der Waals surface area contributed by atoms with Gasteiger partial charge in [-0.15, -0.1) is 0 Å². The maximum absolute atomic E-state index is 5.93. The summed E-state index contributed by atoms with van der Waals surface area (Å²) in [6, 6.07) is 0. The first-order valence-corrected chi connectivity index (χ1v) is 7.52. The van der Waals surface area contributed by atoms with E-state index in [1.54, 1.807) is 0 Å². The molecule has 2 unspecified atom stereocenters. The molecule has 0 radical (unpaired) electrons. The molecular formula is C13H25BrO. The first-order valence-electron chi connectivity index (χ1n) is 6.60. The third-order valence-electron chi connectivity index (χ3n) is 3.20. The van der Waals surface area contributed by atoms with Crippen LogP contribution in [0.2, 0.25) is 0 Å². The van der Waals surface area contributed by atoms with Crippen molar-refractivity contribution in [1.29, 1.82) is 0 Å². The van der Waals surface area contributed by atoms with Gasteiger partial charge in [-0.2, -0.15) is 0 Å². The van der Waals surface area contributed by atoms with E-state index in [0.29, 0.717) is 10.9 Å². The minimum absolute atomic E-state index is 0.491. The fourth-order valence-electron chi connectivity index (χ4n) is 2.18. The zero-order chi connectivity index (χ0) is 10.9. The summed E-state index contributed by atoms with van der Waals surface area (Å²) in [6.07, 6.45) is 12.4. The van der Waals surface area contributed by atoms with Gasteiger partial charge < -0.3 is 4.74 Å². The highest BCUT2D eigenvalue weighted by Crippen LogP contribution is 2.26. The zero-order valence-electron chi connectivity index (χ0n) is 10.0. The van der Waals surface area contributed by atoms with Crippen molar-refractivity contribution in [3.8, 4) is 0 Å². The Balaban J connectivity index is 1.94. The number of ether oxygens (including phenoxy) is 1. The van der Waals surface area contributed by atoms with Crippen LogP contribution in [0.3, 0.4) is 0 Å². The molecule has 1 nitrogen and oxygen atoms in total. The van der Waals surface area contributed by atoms with Gasteiger partial charge in [-0.25, -0.2) is 0 Å². The van der Waals surface area contributed by atoms with Gasteiger partial charge in [0.1, 0.15) is 0 Å². The second-order valence-corrected chi connectivity index (χ2v) is 5.80. The minimum Gasteiger partial charge on any atom is -0.377 e. The Morgan fingerprint density at radius 2 is 1.80 bits per heavy atom. The van der Waals surface area contributed by atoms with E-state index in [-0.39, 0.29) is 0 Å². The Labute approximate surface area is 103 Å². The molecule has 0 heterocycles. The lowest BCUT2D eigenvalue weighted by Crippen LogP contribution is -2.28. The predicted octanol–water partition coefficient (Wildman–Crippen LogP) is 4.68. The molecule has 0 aromatic carbocycles. The van der Waals surface area contributed by atoms with E-state index in [0.717, 1.165) is 6.61 Å². The van der Waals surface area contributed by atoms with Crippen molar-refractivity contribution >= 4 is 15.9 Å². The van der Waals surface area contributed by atoms with Crippen molar-refractivity contribution in [1.82, 2.24) is 0 Å². The molecule has 2 heteroatoms. The monoisotopic (exact) mass is 276 g/mol.